The van der Waals surface area contributed by atoms with Crippen LogP contribution in [0.4, 0.5) is 4.39 Å². The van der Waals surface area contributed by atoms with Crippen molar-refractivity contribution >= 4 is 5.71 Å². The van der Waals surface area contributed by atoms with Gasteiger partial charge in [-0.15, -0.1) is 10.2 Å². The zero-order valence-electron chi connectivity index (χ0n) is 17.0. The lowest BCUT2D eigenvalue weighted by Crippen LogP contribution is -2.20. The van der Waals surface area contributed by atoms with Gasteiger partial charge in [-0.05, 0) is 50.3 Å². The van der Waals surface area contributed by atoms with Gasteiger partial charge in [0.2, 0.25) is 0 Å². The third kappa shape index (κ3) is 3.70. The number of aromatic nitrogens is 4. The van der Waals surface area contributed by atoms with Crippen molar-refractivity contribution < 1.29 is 4.39 Å². The largest absolute Gasteiger partial charge is 0.299 e. The van der Waals surface area contributed by atoms with E-state index in [1.807, 2.05) is 29.8 Å². The van der Waals surface area contributed by atoms with E-state index in [9.17, 15) is 4.39 Å². The molecule has 6 nitrogen and oxygen atoms in total. The molecule has 0 N–H and O–H groups in total. The minimum absolute atomic E-state index is 0.166. The summed E-state index contributed by atoms with van der Waals surface area (Å²) in [7, 11) is 2.03. The van der Waals surface area contributed by atoms with E-state index in [4.69, 9.17) is 4.99 Å². The van der Waals surface area contributed by atoms with Crippen molar-refractivity contribution in [2.75, 3.05) is 13.6 Å². The highest BCUT2D eigenvalue weighted by atomic mass is 19.1. The van der Waals surface area contributed by atoms with E-state index < -0.39 is 0 Å². The summed E-state index contributed by atoms with van der Waals surface area (Å²) in [4.78, 5) is 11.7. The SMILES string of the molecule is CCCC1N=C(c2ccccn2)c2ccc(F)cc2-n2c(CN(C)CC)nnc21. The van der Waals surface area contributed by atoms with Gasteiger partial charge in [0.15, 0.2) is 11.6 Å². The summed E-state index contributed by atoms with van der Waals surface area (Å²) < 4.78 is 16.3. The van der Waals surface area contributed by atoms with Crippen LogP contribution < -0.4 is 0 Å². The van der Waals surface area contributed by atoms with Crippen LogP contribution in [0.25, 0.3) is 5.69 Å². The Kier molecular flexibility index (Phi) is 5.49. The number of rotatable bonds is 6. The van der Waals surface area contributed by atoms with E-state index in [1.54, 1.807) is 18.3 Å². The molecule has 1 aliphatic heterocycles. The first-order valence-electron chi connectivity index (χ1n) is 10.0. The zero-order valence-corrected chi connectivity index (χ0v) is 17.0. The first kappa shape index (κ1) is 19.4. The van der Waals surface area contributed by atoms with Gasteiger partial charge in [0, 0.05) is 11.8 Å². The highest BCUT2D eigenvalue weighted by molar-refractivity contribution is 6.14. The fourth-order valence-electron chi connectivity index (χ4n) is 3.61. The van der Waals surface area contributed by atoms with Gasteiger partial charge >= 0.3 is 0 Å². The van der Waals surface area contributed by atoms with Gasteiger partial charge < -0.3 is 0 Å². The van der Waals surface area contributed by atoms with Crippen LogP contribution in [0, 0.1) is 5.82 Å². The van der Waals surface area contributed by atoms with E-state index in [0.29, 0.717) is 12.2 Å². The molecule has 1 atom stereocenters. The smallest absolute Gasteiger partial charge is 0.162 e. The molecule has 0 radical (unpaired) electrons. The van der Waals surface area contributed by atoms with Crippen LogP contribution in [0.3, 0.4) is 0 Å². The number of hydrogen-bond acceptors (Lipinski definition) is 5. The van der Waals surface area contributed by atoms with Crippen molar-refractivity contribution in [3.63, 3.8) is 0 Å². The Labute approximate surface area is 170 Å². The standard InChI is InChI=1S/C22H25FN6/c1-4-8-18-22-27-26-20(14-28(3)5-2)29(22)19-13-15(23)10-11-16(19)21(25-18)17-9-6-7-12-24-17/h6-7,9-13,18H,4-5,8,14H2,1-3H3. The second kappa shape index (κ2) is 8.21. The number of hydrogen-bond donors (Lipinski definition) is 0. The second-order valence-corrected chi connectivity index (χ2v) is 7.30. The Hall–Kier alpha value is -2.93. The zero-order chi connectivity index (χ0) is 20.4. The molecule has 3 heterocycles. The van der Waals surface area contributed by atoms with Gasteiger partial charge in [0.1, 0.15) is 11.9 Å². The van der Waals surface area contributed by atoms with E-state index in [-0.39, 0.29) is 11.9 Å². The molecule has 3 aromatic rings. The molecule has 4 rings (SSSR count). The van der Waals surface area contributed by atoms with Crippen molar-refractivity contribution in [1.29, 1.82) is 0 Å². The lowest BCUT2D eigenvalue weighted by Gasteiger charge is -2.17. The lowest BCUT2D eigenvalue weighted by molar-refractivity contribution is 0.333. The van der Waals surface area contributed by atoms with Crippen LogP contribution in [0.2, 0.25) is 0 Å². The maximum atomic E-state index is 14.3. The molecular weight excluding hydrogens is 367 g/mol. The minimum atomic E-state index is -0.299. The predicted molar refractivity (Wildman–Crippen MR) is 111 cm³/mol. The fraction of sp³-hybridized carbons (Fsp3) is 0.364. The molecule has 1 aliphatic rings. The topological polar surface area (TPSA) is 59.2 Å². The molecule has 0 saturated heterocycles. The van der Waals surface area contributed by atoms with Crippen LogP contribution in [0.15, 0.2) is 47.6 Å². The van der Waals surface area contributed by atoms with Gasteiger partial charge in [0.05, 0.1) is 23.6 Å². The fourth-order valence-corrected chi connectivity index (χ4v) is 3.61. The van der Waals surface area contributed by atoms with Crippen molar-refractivity contribution in [3.8, 4) is 5.69 Å². The Morgan fingerprint density at radius 2 is 2.00 bits per heavy atom. The summed E-state index contributed by atoms with van der Waals surface area (Å²) in [6, 6.07) is 10.4. The van der Waals surface area contributed by atoms with E-state index >= 15 is 0 Å². The maximum Gasteiger partial charge on any atom is 0.162 e. The Morgan fingerprint density at radius 3 is 2.72 bits per heavy atom. The van der Waals surface area contributed by atoms with Crippen molar-refractivity contribution in [1.82, 2.24) is 24.6 Å². The normalized spacial score (nSPS) is 15.6. The van der Waals surface area contributed by atoms with Crippen molar-refractivity contribution in [3.05, 3.63) is 71.3 Å². The monoisotopic (exact) mass is 392 g/mol. The first-order valence-corrected chi connectivity index (χ1v) is 10.0. The lowest BCUT2D eigenvalue weighted by atomic mass is 10.0. The van der Waals surface area contributed by atoms with Crippen LogP contribution in [-0.4, -0.2) is 44.0 Å². The summed E-state index contributed by atoms with van der Waals surface area (Å²) >= 11 is 0. The number of pyridine rings is 1. The molecule has 1 unspecified atom stereocenters. The maximum absolute atomic E-state index is 14.3. The summed E-state index contributed by atoms with van der Waals surface area (Å²) in [6.45, 7) is 5.72. The molecular formula is C22H25FN6. The molecule has 0 fully saturated rings. The Balaban J connectivity index is 1.97. The minimum Gasteiger partial charge on any atom is -0.299 e. The molecule has 0 bridgehead atoms. The van der Waals surface area contributed by atoms with Crippen LogP contribution >= 0.6 is 0 Å². The predicted octanol–water partition coefficient (Wildman–Crippen LogP) is 3.95. The molecule has 0 saturated carbocycles. The van der Waals surface area contributed by atoms with Gasteiger partial charge in [-0.1, -0.05) is 26.3 Å². The average Bonchev–Trinajstić information content (AvgIpc) is 3.09. The van der Waals surface area contributed by atoms with Crippen LogP contribution in [0.5, 0.6) is 0 Å². The van der Waals surface area contributed by atoms with E-state index in [0.717, 1.165) is 48.0 Å². The molecule has 150 valence electrons. The summed E-state index contributed by atoms with van der Waals surface area (Å²) in [5, 5.41) is 8.95. The van der Waals surface area contributed by atoms with Gasteiger partial charge in [-0.25, -0.2) is 4.39 Å². The molecule has 1 aromatic carbocycles. The van der Waals surface area contributed by atoms with Crippen LogP contribution in [-0.2, 0) is 6.54 Å². The molecule has 0 spiro atoms. The van der Waals surface area contributed by atoms with E-state index in [1.165, 1.54) is 6.07 Å². The van der Waals surface area contributed by atoms with Crippen LogP contribution in [0.1, 0.15) is 55.6 Å². The summed E-state index contributed by atoms with van der Waals surface area (Å²) in [5.41, 5.74) is 3.09. The highest BCUT2D eigenvalue weighted by Gasteiger charge is 2.29. The number of fused-ring (bicyclic) bond motifs is 3. The number of halogens is 1. The number of aliphatic imine (C=N–C) groups is 1. The average molecular weight is 392 g/mol. The third-order valence-electron chi connectivity index (χ3n) is 5.21. The molecule has 29 heavy (non-hydrogen) atoms. The quantitative estimate of drug-likeness (QED) is 0.637. The van der Waals surface area contributed by atoms with Crippen molar-refractivity contribution in [2.45, 2.75) is 39.3 Å². The van der Waals surface area contributed by atoms with Gasteiger partial charge in [-0.3, -0.25) is 19.4 Å². The Morgan fingerprint density at radius 1 is 1.14 bits per heavy atom. The second-order valence-electron chi connectivity index (χ2n) is 7.30. The summed E-state index contributed by atoms with van der Waals surface area (Å²) in [6.07, 6.45) is 3.53. The number of nitrogens with zero attached hydrogens (tertiary/aromatic N) is 6. The third-order valence-corrected chi connectivity index (χ3v) is 5.21. The van der Waals surface area contributed by atoms with Crippen molar-refractivity contribution in [2.24, 2.45) is 4.99 Å². The molecule has 0 aliphatic carbocycles. The molecule has 0 amide bonds. The van der Waals surface area contributed by atoms with E-state index in [2.05, 4.69) is 33.9 Å². The molecule has 7 heteroatoms. The Bertz CT molecular complexity index is 1030. The summed E-state index contributed by atoms with van der Waals surface area (Å²) in [5.74, 6) is 1.24. The number of benzene rings is 1. The highest BCUT2D eigenvalue weighted by Crippen LogP contribution is 2.33. The van der Waals surface area contributed by atoms with Gasteiger partial charge in [-0.2, -0.15) is 0 Å². The first-order chi connectivity index (χ1) is 14.1. The van der Waals surface area contributed by atoms with Gasteiger partial charge in [0.25, 0.3) is 0 Å². The molecule has 2 aromatic heterocycles.